The molecule has 0 saturated heterocycles. The molecule has 0 fully saturated rings. The molecule has 5 heteroatoms. The van der Waals surface area contributed by atoms with E-state index in [1.165, 1.54) is 4.90 Å². The predicted molar refractivity (Wildman–Crippen MR) is 79.6 cm³/mol. The Labute approximate surface area is 124 Å². The quantitative estimate of drug-likeness (QED) is 0.926. The molecule has 1 aromatic carbocycles. The minimum atomic E-state index is -0.998. The summed E-state index contributed by atoms with van der Waals surface area (Å²) in [6.45, 7) is 7.48. The average Bonchev–Trinajstić information content (AvgIpc) is 2.40. The largest absolute Gasteiger partial charge is 0.480 e. The van der Waals surface area contributed by atoms with Gasteiger partial charge in [0.1, 0.15) is 11.8 Å². The number of aryl methyl sites for hydroxylation is 1. The second-order valence-electron chi connectivity index (χ2n) is 5.72. The van der Waals surface area contributed by atoms with Crippen molar-refractivity contribution >= 4 is 17.6 Å². The van der Waals surface area contributed by atoms with Gasteiger partial charge in [-0.05, 0) is 37.0 Å². The number of amides is 1. The number of carbonyl (C=O) groups is 2. The fourth-order valence-corrected chi connectivity index (χ4v) is 2.57. The van der Waals surface area contributed by atoms with Crippen LogP contribution in [0.15, 0.2) is 18.2 Å². The van der Waals surface area contributed by atoms with Gasteiger partial charge in [0.05, 0.1) is 5.69 Å². The van der Waals surface area contributed by atoms with Crippen LogP contribution in [0.1, 0.15) is 32.8 Å². The summed E-state index contributed by atoms with van der Waals surface area (Å²) in [6.07, 6.45) is -0.299. The number of hydrogen-bond donors (Lipinski definition) is 1. The first-order chi connectivity index (χ1) is 9.86. The summed E-state index contributed by atoms with van der Waals surface area (Å²) in [6, 6.07) is 4.58. The monoisotopic (exact) mass is 291 g/mol. The van der Waals surface area contributed by atoms with Crippen molar-refractivity contribution < 1.29 is 19.4 Å². The number of carbonyl (C=O) groups excluding carboxylic acids is 1. The summed E-state index contributed by atoms with van der Waals surface area (Å²) < 4.78 is 5.81. The van der Waals surface area contributed by atoms with E-state index < -0.39 is 18.1 Å². The average molecular weight is 291 g/mol. The van der Waals surface area contributed by atoms with E-state index in [1.807, 2.05) is 32.9 Å². The highest BCUT2D eigenvalue weighted by molar-refractivity contribution is 6.04. The van der Waals surface area contributed by atoms with Crippen molar-refractivity contribution in [3.63, 3.8) is 0 Å². The summed E-state index contributed by atoms with van der Waals surface area (Å²) in [5, 5.41) is 9.41. The molecule has 0 bridgehead atoms. The van der Waals surface area contributed by atoms with E-state index >= 15 is 0 Å². The molecule has 1 amide bonds. The van der Waals surface area contributed by atoms with E-state index in [1.54, 1.807) is 13.0 Å². The zero-order chi connectivity index (χ0) is 15.7. The van der Waals surface area contributed by atoms with Crippen molar-refractivity contribution in [3.8, 4) is 5.75 Å². The van der Waals surface area contributed by atoms with Crippen LogP contribution in [0.4, 0.5) is 5.69 Å². The molecule has 1 aromatic rings. The number of fused-ring (bicyclic) bond motifs is 1. The smallest absolute Gasteiger partial charge is 0.326 e. The van der Waals surface area contributed by atoms with Crippen LogP contribution in [-0.4, -0.2) is 29.1 Å². The van der Waals surface area contributed by atoms with E-state index in [0.717, 1.165) is 5.56 Å². The topological polar surface area (TPSA) is 66.8 Å². The Bertz CT molecular complexity index is 567. The van der Waals surface area contributed by atoms with Gasteiger partial charge in [-0.1, -0.05) is 26.8 Å². The van der Waals surface area contributed by atoms with Crippen LogP contribution in [0.25, 0.3) is 0 Å². The first-order valence-electron chi connectivity index (χ1n) is 7.20. The Morgan fingerprint density at radius 1 is 1.43 bits per heavy atom. The summed E-state index contributed by atoms with van der Waals surface area (Å²) in [5.74, 6) is -0.731. The molecule has 1 aliphatic rings. The number of carboxylic acids is 1. The second kappa shape index (κ2) is 5.76. The number of benzene rings is 1. The summed E-state index contributed by atoms with van der Waals surface area (Å²) in [7, 11) is 0. The number of aliphatic carboxylic acids is 1. The van der Waals surface area contributed by atoms with Crippen molar-refractivity contribution in [3.05, 3.63) is 23.8 Å². The fourth-order valence-electron chi connectivity index (χ4n) is 2.57. The minimum Gasteiger partial charge on any atom is -0.480 e. The van der Waals surface area contributed by atoms with Crippen LogP contribution in [0.2, 0.25) is 0 Å². The van der Waals surface area contributed by atoms with Crippen molar-refractivity contribution in [2.45, 2.75) is 46.3 Å². The highest BCUT2D eigenvalue weighted by atomic mass is 16.5. The van der Waals surface area contributed by atoms with Gasteiger partial charge in [0.25, 0.3) is 5.91 Å². The van der Waals surface area contributed by atoms with Gasteiger partial charge in [-0.25, -0.2) is 4.79 Å². The Morgan fingerprint density at radius 2 is 2.10 bits per heavy atom. The Balaban J connectivity index is 2.55. The van der Waals surface area contributed by atoms with Gasteiger partial charge in [-0.15, -0.1) is 0 Å². The molecule has 2 unspecified atom stereocenters. The third-order valence-corrected chi connectivity index (χ3v) is 3.70. The minimum absolute atomic E-state index is 0.0278. The van der Waals surface area contributed by atoms with Gasteiger partial charge in [0, 0.05) is 0 Å². The molecule has 5 nitrogen and oxygen atoms in total. The molecular weight excluding hydrogens is 270 g/mol. The summed E-state index contributed by atoms with van der Waals surface area (Å²) in [5.41, 5.74) is 1.55. The standard InChI is InChI=1S/C16H21NO4/c1-5-11(16(19)20)17-12-7-6-10(4)8-13(12)21-14(9(2)3)15(17)18/h6-9,11,14H,5H2,1-4H3,(H,19,20). The lowest BCUT2D eigenvalue weighted by Gasteiger charge is -2.38. The maximum atomic E-state index is 12.7. The maximum absolute atomic E-state index is 12.7. The first-order valence-corrected chi connectivity index (χ1v) is 7.20. The third-order valence-electron chi connectivity index (χ3n) is 3.70. The van der Waals surface area contributed by atoms with Gasteiger partial charge in [-0.3, -0.25) is 9.69 Å². The normalized spacial score (nSPS) is 19.2. The second-order valence-corrected chi connectivity index (χ2v) is 5.72. The number of carboxylic acid groups (broad SMARTS) is 1. The number of anilines is 1. The highest BCUT2D eigenvalue weighted by Gasteiger charge is 2.41. The van der Waals surface area contributed by atoms with Gasteiger partial charge < -0.3 is 9.84 Å². The van der Waals surface area contributed by atoms with Crippen LogP contribution >= 0.6 is 0 Å². The lowest BCUT2D eigenvalue weighted by molar-refractivity contribution is -0.141. The lowest BCUT2D eigenvalue weighted by atomic mass is 10.00. The van der Waals surface area contributed by atoms with E-state index in [9.17, 15) is 14.7 Å². The summed E-state index contributed by atoms with van der Waals surface area (Å²) in [4.78, 5) is 25.5. The van der Waals surface area contributed by atoms with Crippen LogP contribution in [0, 0.1) is 12.8 Å². The number of nitrogens with zero attached hydrogens (tertiary/aromatic N) is 1. The molecule has 0 aliphatic carbocycles. The van der Waals surface area contributed by atoms with Crippen LogP contribution in [0.3, 0.4) is 0 Å². The molecule has 114 valence electrons. The molecule has 2 atom stereocenters. The molecule has 0 radical (unpaired) electrons. The van der Waals surface area contributed by atoms with Gasteiger partial charge in [-0.2, -0.15) is 0 Å². The number of ether oxygens (including phenoxy) is 1. The van der Waals surface area contributed by atoms with E-state index in [-0.39, 0.29) is 11.8 Å². The van der Waals surface area contributed by atoms with Crippen molar-refractivity contribution in [2.75, 3.05) is 4.90 Å². The Kier molecular flexibility index (Phi) is 4.21. The van der Waals surface area contributed by atoms with Crippen LogP contribution in [-0.2, 0) is 9.59 Å². The van der Waals surface area contributed by atoms with Crippen molar-refractivity contribution in [2.24, 2.45) is 5.92 Å². The van der Waals surface area contributed by atoms with E-state index in [0.29, 0.717) is 17.9 Å². The molecule has 21 heavy (non-hydrogen) atoms. The van der Waals surface area contributed by atoms with Gasteiger partial charge in [0.2, 0.25) is 0 Å². The molecule has 0 spiro atoms. The molecule has 0 saturated carbocycles. The van der Waals surface area contributed by atoms with Gasteiger partial charge in [0.15, 0.2) is 6.10 Å². The Morgan fingerprint density at radius 3 is 2.62 bits per heavy atom. The maximum Gasteiger partial charge on any atom is 0.326 e. The Hall–Kier alpha value is -2.04. The zero-order valence-electron chi connectivity index (χ0n) is 12.8. The van der Waals surface area contributed by atoms with Crippen LogP contribution < -0.4 is 9.64 Å². The third kappa shape index (κ3) is 2.73. The van der Waals surface area contributed by atoms with E-state index in [2.05, 4.69) is 0 Å². The first kappa shape index (κ1) is 15.4. The fraction of sp³-hybridized carbons (Fsp3) is 0.500. The number of rotatable bonds is 4. The van der Waals surface area contributed by atoms with Crippen molar-refractivity contribution in [1.82, 2.24) is 0 Å². The molecular formula is C16H21NO4. The molecule has 1 aliphatic heterocycles. The van der Waals surface area contributed by atoms with Gasteiger partial charge >= 0.3 is 5.97 Å². The summed E-state index contributed by atoms with van der Waals surface area (Å²) >= 11 is 0. The SMILES string of the molecule is CCC(C(=O)O)N1C(=O)C(C(C)C)Oc2cc(C)ccc21. The highest BCUT2D eigenvalue weighted by Crippen LogP contribution is 2.38. The zero-order valence-corrected chi connectivity index (χ0v) is 12.8. The molecule has 1 heterocycles. The van der Waals surface area contributed by atoms with E-state index in [4.69, 9.17) is 4.74 Å². The molecule has 1 N–H and O–H groups in total. The lowest BCUT2D eigenvalue weighted by Crippen LogP contribution is -2.54. The molecule has 0 aromatic heterocycles. The predicted octanol–water partition coefficient (Wildman–Crippen LogP) is 2.61. The number of hydrogen-bond acceptors (Lipinski definition) is 3. The molecule has 2 rings (SSSR count). The van der Waals surface area contributed by atoms with Crippen LogP contribution in [0.5, 0.6) is 5.75 Å². The van der Waals surface area contributed by atoms with Crippen molar-refractivity contribution in [1.29, 1.82) is 0 Å².